The predicted octanol–water partition coefficient (Wildman–Crippen LogP) is 3.79. The average Bonchev–Trinajstić information content (AvgIpc) is 2.40. The predicted molar refractivity (Wildman–Crippen MR) is 87.0 cm³/mol. The lowest BCUT2D eigenvalue weighted by molar-refractivity contribution is -0.113. The summed E-state index contributed by atoms with van der Waals surface area (Å²) in [5.74, 6) is 0.175. The standard InChI is InChI=1S/C15H16ClN3OS/c1-9-6-12(4-5-13(9)16)19-14(20)8-21-15-17-10(2)7-11(3)18-15/h4-7H,8H2,1-3H3,(H,19,20). The Morgan fingerprint density at radius 1 is 1.19 bits per heavy atom. The molecule has 0 fully saturated rings. The number of amides is 1. The summed E-state index contributed by atoms with van der Waals surface area (Å²) in [5.41, 5.74) is 3.47. The van der Waals surface area contributed by atoms with E-state index in [1.165, 1.54) is 11.8 Å². The molecule has 0 saturated heterocycles. The number of anilines is 1. The molecule has 1 heterocycles. The number of aromatic nitrogens is 2. The normalized spacial score (nSPS) is 10.5. The topological polar surface area (TPSA) is 54.9 Å². The van der Waals surface area contributed by atoms with Crippen LogP contribution in [0.25, 0.3) is 0 Å². The van der Waals surface area contributed by atoms with Gasteiger partial charge in [0.15, 0.2) is 5.16 Å². The van der Waals surface area contributed by atoms with E-state index in [-0.39, 0.29) is 11.7 Å². The molecule has 2 rings (SSSR count). The number of hydrogen-bond acceptors (Lipinski definition) is 4. The van der Waals surface area contributed by atoms with E-state index in [1.54, 1.807) is 12.1 Å². The van der Waals surface area contributed by atoms with Crippen molar-refractivity contribution in [1.82, 2.24) is 9.97 Å². The summed E-state index contributed by atoms with van der Waals surface area (Å²) < 4.78 is 0. The van der Waals surface area contributed by atoms with E-state index in [4.69, 9.17) is 11.6 Å². The van der Waals surface area contributed by atoms with Crippen molar-refractivity contribution in [1.29, 1.82) is 0 Å². The monoisotopic (exact) mass is 321 g/mol. The van der Waals surface area contributed by atoms with Gasteiger partial charge in [-0.05, 0) is 50.6 Å². The van der Waals surface area contributed by atoms with Gasteiger partial charge >= 0.3 is 0 Å². The van der Waals surface area contributed by atoms with Crippen LogP contribution < -0.4 is 5.32 Å². The van der Waals surface area contributed by atoms with Crippen LogP contribution in [0.2, 0.25) is 5.02 Å². The second-order valence-corrected chi connectivity index (χ2v) is 6.08. The molecule has 0 aliphatic carbocycles. The Kier molecular flexibility index (Phi) is 5.20. The minimum Gasteiger partial charge on any atom is -0.325 e. The number of carbonyl (C=O) groups excluding carboxylic acids is 1. The average molecular weight is 322 g/mol. The minimum atomic E-state index is -0.0931. The largest absolute Gasteiger partial charge is 0.325 e. The third-order valence-corrected chi connectivity index (χ3v) is 4.01. The maximum atomic E-state index is 11.9. The van der Waals surface area contributed by atoms with Crippen LogP contribution >= 0.6 is 23.4 Å². The lowest BCUT2D eigenvalue weighted by Gasteiger charge is -2.07. The van der Waals surface area contributed by atoms with Gasteiger partial charge in [-0.1, -0.05) is 23.4 Å². The van der Waals surface area contributed by atoms with Crippen molar-refractivity contribution in [2.24, 2.45) is 0 Å². The maximum absolute atomic E-state index is 11.9. The zero-order valence-corrected chi connectivity index (χ0v) is 13.7. The molecule has 1 amide bonds. The second-order valence-electron chi connectivity index (χ2n) is 4.73. The first-order valence-electron chi connectivity index (χ1n) is 6.45. The van der Waals surface area contributed by atoms with Crippen molar-refractivity contribution in [3.05, 3.63) is 46.2 Å². The molecule has 0 spiro atoms. The third-order valence-electron chi connectivity index (χ3n) is 2.74. The van der Waals surface area contributed by atoms with Crippen LogP contribution in [0.3, 0.4) is 0 Å². The highest BCUT2D eigenvalue weighted by Crippen LogP contribution is 2.20. The highest BCUT2D eigenvalue weighted by atomic mass is 35.5. The SMILES string of the molecule is Cc1cc(C)nc(SCC(=O)Nc2ccc(Cl)c(C)c2)n1. The first-order chi connectivity index (χ1) is 9.94. The Hall–Kier alpha value is -1.59. The Morgan fingerprint density at radius 2 is 1.86 bits per heavy atom. The van der Waals surface area contributed by atoms with E-state index in [2.05, 4.69) is 15.3 Å². The summed E-state index contributed by atoms with van der Waals surface area (Å²) in [7, 11) is 0. The van der Waals surface area contributed by atoms with Crippen LogP contribution in [0.5, 0.6) is 0 Å². The first kappa shape index (κ1) is 15.8. The second kappa shape index (κ2) is 6.91. The van der Waals surface area contributed by atoms with Gasteiger partial charge in [-0.2, -0.15) is 0 Å². The van der Waals surface area contributed by atoms with E-state index in [0.29, 0.717) is 10.2 Å². The fourth-order valence-electron chi connectivity index (χ4n) is 1.81. The lowest BCUT2D eigenvalue weighted by atomic mass is 10.2. The third kappa shape index (κ3) is 4.72. The molecule has 0 atom stereocenters. The van der Waals surface area contributed by atoms with Gasteiger partial charge in [0, 0.05) is 22.1 Å². The molecule has 110 valence electrons. The number of nitrogens with zero attached hydrogens (tertiary/aromatic N) is 2. The molecule has 0 aliphatic heterocycles. The quantitative estimate of drug-likeness (QED) is 0.687. The van der Waals surface area contributed by atoms with Crippen molar-refractivity contribution >= 4 is 35.0 Å². The van der Waals surface area contributed by atoms with Gasteiger partial charge in [-0.3, -0.25) is 4.79 Å². The fraction of sp³-hybridized carbons (Fsp3) is 0.267. The molecule has 1 aromatic heterocycles. The van der Waals surface area contributed by atoms with Crippen LogP contribution in [0.4, 0.5) is 5.69 Å². The van der Waals surface area contributed by atoms with Crippen molar-refractivity contribution in [3.8, 4) is 0 Å². The first-order valence-corrected chi connectivity index (χ1v) is 7.81. The molecule has 0 aliphatic rings. The Bertz CT molecular complexity index is 656. The zero-order chi connectivity index (χ0) is 15.4. The summed E-state index contributed by atoms with van der Waals surface area (Å²) in [5, 5.41) is 4.14. The fourth-order valence-corrected chi connectivity index (χ4v) is 2.67. The number of rotatable bonds is 4. The van der Waals surface area contributed by atoms with Gasteiger partial charge in [0.1, 0.15) is 0 Å². The molecule has 0 radical (unpaired) electrons. The summed E-state index contributed by atoms with van der Waals surface area (Å²) >= 11 is 7.28. The Morgan fingerprint density at radius 3 is 2.48 bits per heavy atom. The van der Waals surface area contributed by atoms with E-state index in [9.17, 15) is 4.79 Å². The molecule has 1 N–H and O–H groups in total. The van der Waals surface area contributed by atoms with E-state index < -0.39 is 0 Å². The molecule has 0 bridgehead atoms. The van der Waals surface area contributed by atoms with Gasteiger partial charge in [0.2, 0.25) is 5.91 Å². The molecule has 0 unspecified atom stereocenters. The van der Waals surface area contributed by atoms with Gasteiger partial charge in [-0.25, -0.2) is 9.97 Å². The summed E-state index contributed by atoms with van der Waals surface area (Å²) in [4.78, 5) is 20.5. The number of hydrogen-bond donors (Lipinski definition) is 1. The molecule has 1 aromatic carbocycles. The highest BCUT2D eigenvalue weighted by Gasteiger charge is 2.07. The smallest absolute Gasteiger partial charge is 0.234 e. The van der Waals surface area contributed by atoms with E-state index >= 15 is 0 Å². The van der Waals surface area contributed by atoms with Gasteiger partial charge in [0.05, 0.1) is 5.75 Å². The van der Waals surface area contributed by atoms with E-state index in [1.807, 2.05) is 32.9 Å². The number of thioether (sulfide) groups is 1. The Balaban J connectivity index is 1.94. The molecule has 6 heteroatoms. The molecule has 4 nitrogen and oxygen atoms in total. The molecule has 0 saturated carbocycles. The van der Waals surface area contributed by atoms with Crippen molar-refractivity contribution in [3.63, 3.8) is 0 Å². The maximum Gasteiger partial charge on any atom is 0.234 e. The number of nitrogens with one attached hydrogen (secondary N) is 1. The minimum absolute atomic E-state index is 0.0931. The number of carbonyl (C=O) groups is 1. The molecule has 21 heavy (non-hydrogen) atoms. The van der Waals surface area contributed by atoms with Gasteiger partial charge in [-0.15, -0.1) is 0 Å². The van der Waals surface area contributed by atoms with Gasteiger partial charge in [0.25, 0.3) is 0 Å². The van der Waals surface area contributed by atoms with Crippen LogP contribution in [0.1, 0.15) is 17.0 Å². The number of benzene rings is 1. The highest BCUT2D eigenvalue weighted by molar-refractivity contribution is 7.99. The molecule has 2 aromatic rings. The number of aryl methyl sites for hydroxylation is 3. The lowest BCUT2D eigenvalue weighted by Crippen LogP contribution is -2.14. The van der Waals surface area contributed by atoms with Gasteiger partial charge < -0.3 is 5.32 Å². The van der Waals surface area contributed by atoms with Crippen molar-refractivity contribution in [2.75, 3.05) is 11.1 Å². The van der Waals surface area contributed by atoms with Crippen molar-refractivity contribution in [2.45, 2.75) is 25.9 Å². The summed E-state index contributed by atoms with van der Waals surface area (Å²) in [6, 6.07) is 7.30. The number of halogens is 1. The molecular weight excluding hydrogens is 306 g/mol. The van der Waals surface area contributed by atoms with Crippen molar-refractivity contribution < 1.29 is 4.79 Å². The Labute approximate surface area is 133 Å². The summed E-state index contributed by atoms with van der Waals surface area (Å²) in [6.45, 7) is 5.72. The van der Waals surface area contributed by atoms with Crippen LogP contribution in [0, 0.1) is 20.8 Å². The van der Waals surface area contributed by atoms with E-state index in [0.717, 1.165) is 22.6 Å². The molecular formula is C15H16ClN3OS. The summed E-state index contributed by atoms with van der Waals surface area (Å²) in [6.07, 6.45) is 0. The van der Waals surface area contributed by atoms with Crippen LogP contribution in [-0.2, 0) is 4.79 Å². The zero-order valence-electron chi connectivity index (χ0n) is 12.1. The van der Waals surface area contributed by atoms with Crippen LogP contribution in [-0.4, -0.2) is 21.6 Å². The van der Waals surface area contributed by atoms with Crippen LogP contribution in [0.15, 0.2) is 29.4 Å².